The Labute approximate surface area is 151 Å². The normalized spacial score (nSPS) is 11.7. The Morgan fingerprint density at radius 1 is 1.12 bits per heavy atom. The summed E-state index contributed by atoms with van der Waals surface area (Å²) in [5.41, 5.74) is 7.94. The van der Waals surface area contributed by atoms with Crippen LogP contribution in [-0.2, 0) is 5.41 Å². The number of furan rings is 1. The van der Waals surface area contributed by atoms with Crippen LogP contribution in [0.2, 0.25) is 5.22 Å². The van der Waals surface area contributed by atoms with Crippen LogP contribution >= 0.6 is 11.6 Å². The number of carbonyl (C=O) groups is 1. The van der Waals surface area contributed by atoms with E-state index in [1.165, 1.54) is 0 Å². The van der Waals surface area contributed by atoms with Crippen molar-refractivity contribution in [1.82, 2.24) is 0 Å². The third-order valence-corrected chi connectivity index (χ3v) is 4.40. The molecule has 0 aliphatic rings. The number of rotatable bonds is 2. The predicted molar refractivity (Wildman–Crippen MR) is 100 cm³/mol. The van der Waals surface area contributed by atoms with E-state index < -0.39 is 6.09 Å². The minimum atomic E-state index is -0.873. The van der Waals surface area contributed by atoms with Crippen molar-refractivity contribution in [2.75, 3.05) is 0 Å². The van der Waals surface area contributed by atoms with Crippen molar-refractivity contribution >= 4 is 28.5 Å². The molecule has 1 heterocycles. The van der Waals surface area contributed by atoms with Crippen molar-refractivity contribution in [3.63, 3.8) is 0 Å². The smallest absolute Gasteiger partial charge is 0.409 e. The molecule has 1 amide bonds. The zero-order valence-electron chi connectivity index (χ0n) is 14.6. The van der Waals surface area contributed by atoms with Crippen molar-refractivity contribution in [3.05, 3.63) is 52.7 Å². The monoisotopic (exact) mass is 357 g/mol. The summed E-state index contributed by atoms with van der Waals surface area (Å²) in [6.45, 7) is 8.32. The van der Waals surface area contributed by atoms with Crippen LogP contribution in [0.15, 0.2) is 40.8 Å². The number of hydrogen-bond donors (Lipinski definition) is 1. The fraction of sp³-hybridized carbons (Fsp3) is 0.250. The molecule has 0 atom stereocenters. The van der Waals surface area contributed by atoms with E-state index in [4.69, 9.17) is 26.5 Å². The molecular formula is C20H20ClNO3. The van der Waals surface area contributed by atoms with E-state index in [9.17, 15) is 4.79 Å². The molecule has 0 aliphatic heterocycles. The Bertz CT molecular complexity index is 967. The van der Waals surface area contributed by atoms with E-state index in [1.54, 1.807) is 6.07 Å². The molecule has 3 aromatic rings. The molecule has 0 unspecified atom stereocenters. The predicted octanol–water partition coefficient (Wildman–Crippen LogP) is 5.82. The van der Waals surface area contributed by atoms with Crippen molar-refractivity contribution in [1.29, 1.82) is 0 Å². The number of amides is 1. The quantitative estimate of drug-likeness (QED) is 0.628. The Balaban J connectivity index is 2.29. The summed E-state index contributed by atoms with van der Waals surface area (Å²) >= 11 is 6.29. The van der Waals surface area contributed by atoms with E-state index in [0.717, 1.165) is 21.9 Å². The highest BCUT2D eigenvalue weighted by atomic mass is 35.5. The van der Waals surface area contributed by atoms with Gasteiger partial charge in [0.1, 0.15) is 11.5 Å². The lowest BCUT2D eigenvalue weighted by molar-refractivity contribution is 0.211. The first-order chi connectivity index (χ1) is 11.7. The average Bonchev–Trinajstić information content (AvgIpc) is 2.82. The van der Waals surface area contributed by atoms with Crippen molar-refractivity contribution < 1.29 is 13.9 Å². The topological polar surface area (TPSA) is 65.5 Å². The number of ether oxygens (including phenoxy) is 1. The Kier molecular flexibility index (Phi) is 4.25. The summed E-state index contributed by atoms with van der Waals surface area (Å²) < 4.78 is 11.0. The molecule has 5 heteroatoms. The summed E-state index contributed by atoms with van der Waals surface area (Å²) in [6, 6.07) is 11.5. The van der Waals surface area contributed by atoms with E-state index in [0.29, 0.717) is 22.3 Å². The fourth-order valence-electron chi connectivity index (χ4n) is 2.79. The van der Waals surface area contributed by atoms with Gasteiger partial charge in [-0.3, -0.25) is 0 Å². The molecule has 0 aliphatic carbocycles. The highest BCUT2D eigenvalue weighted by Crippen LogP contribution is 2.42. The molecule has 0 saturated heterocycles. The lowest BCUT2D eigenvalue weighted by Crippen LogP contribution is -2.17. The van der Waals surface area contributed by atoms with Gasteiger partial charge in [-0.15, -0.1) is 0 Å². The highest BCUT2D eigenvalue weighted by Gasteiger charge is 2.22. The molecule has 0 bridgehead atoms. The number of nitrogens with two attached hydrogens (primary N) is 1. The van der Waals surface area contributed by atoms with Crippen LogP contribution in [0.1, 0.15) is 31.9 Å². The van der Waals surface area contributed by atoms with Crippen LogP contribution in [-0.4, -0.2) is 6.09 Å². The van der Waals surface area contributed by atoms with Gasteiger partial charge in [0.2, 0.25) is 5.22 Å². The van der Waals surface area contributed by atoms with Crippen LogP contribution in [0.4, 0.5) is 4.79 Å². The number of hydrogen-bond acceptors (Lipinski definition) is 3. The maximum atomic E-state index is 11.3. The van der Waals surface area contributed by atoms with Gasteiger partial charge in [-0.1, -0.05) is 44.5 Å². The van der Waals surface area contributed by atoms with Gasteiger partial charge >= 0.3 is 6.09 Å². The van der Waals surface area contributed by atoms with Gasteiger partial charge < -0.3 is 14.9 Å². The largest absolute Gasteiger partial charge is 0.443 e. The van der Waals surface area contributed by atoms with E-state index >= 15 is 0 Å². The summed E-state index contributed by atoms with van der Waals surface area (Å²) in [7, 11) is 0. The number of benzene rings is 2. The van der Waals surface area contributed by atoms with Gasteiger partial charge in [0.05, 0.1) is 5.56 Å². The molecule has 25 heavy (non-hydrogen) atoms. The number of primary amides is 1. The molecule has 0 spiro atoms. The molecule has 2 N–H and O–H groups in total. The zero-order valence-corrected chi connectivity index (χ0v) is 15.4. The molecule has 1 aromatic heterocycles. The molecule has 3 rings (SSSR count). The SMILES string of the molecule is Cc1ccc2c(-c3cc(C(C)(C)C)ccc3OC(N)=O)oc(Cl)c2c1. The summed E-state index contributed by atoms with van der Waals surface area (Å²) in [6.07, 6.45) is -0.873. The second-order valence-corrected chi connectivity index (χ2v) is 7.48. The van der Waals surface area contributed by atoms with Crippen molar-refractivity contribution in [2.45, 2.75) is 33.1 Å². The third kappa shape index (κ3) is 3.35. The number of halogens is 1. The minimum Gasteiger partial charge on any atom is -0.443 e. The Morgan fingerprint density at radius 2 is 1.84 bits per heavy atom. The fourth-order valence-corrected chi connectivity index (χ4v) is 3.02. The van der Waals surface area contributed by atoms with E-state index in [1.807, 2.05) is 37.3 Å². The molecule has 4 nitrogen and oxygen atoms in total. The van der Waals surface area contributed by atoms with Gasteiger partial charge in [0, 0.05) is 10.8 Å². The molecular weight excluding hydrogens is 338 g/mol. The van der Waals surface area contributed by atoms with Crippen molar-refractivity contribution in [2.24, 2.45) is 5.73 Å². The molecule has 0 radical (unpaired) electrons. The van der Waals surface area contributed by atoms with Crippen LogP contribution in [0.25, 0.3) is 22.1 Å². The average molecular weight is 358 g/mol. The molecule has 0 saturated carbocycles. The lowest BCUT2D eigenvalue weighted by atomic mass is 9.85. The maximum Gasteiger partial charge on any atom is 0.409 e. The zero-order chi connectivity index (χ0) is 18.4. The van der Waals surface area contributed by atoms with Crippen molar-refractivity contribution in [3.8, 4) is 17.1 Å². The maximum absolute atomic E-state index is 11.3. The molecule has 2 aromatic carbocycles. The number of carbonyl (C=O) groups excluding carboxylic acids is 1. The van der Waals surface area contributed by atoms with Gasteiger partial charge in [-0.05, 0) is 47.7 Å². The van der Waals surface area contributed by atoms with E-state index in [2.05, 4.69) is 20.8 Å². The lowest BCUT2D eigenvalue weighted by Gasteiger charge is -2.20. The first kappa shape index (κ1) is 17.4. The van der Waals surface area contributed by atoms with Gasteiger partial charge in [-0.25, -0.2) is 4.79 Å². The van der Waals surface area contributed by atoms with E-state index in [-0.39, 0.29) is 5.41 Å². The van der Waals surface area contributed by atoms with Gasteiger partial charge in [-0.2, -0.15) is 0 Å². The highest BCUT2D eigenvalue weighted by molar-refractivity contribution is 6.34. The first-order valence-electron chi connectivity index (χ1n) is 7.97. The minimum absolute atomic E-state index is 0.0806. The van der Waals surface area contributed by atoms with Gasteiger partial charge in [0.25, 0.3) is 0 Å². The summed E-state index contributed by atoms with van der Waals surface area (Å²) in [4.78, 5) is 11.3. The first-order valence-corrected chi connectivity index (χ1v) is 8.35. The third-order valence-electron chi connectivity index (χ3n) is 4.12. The summed E-state index contributed by atoms with van der Waals surface area (Å²) in [5.74, 6) is 0.899. The second-order valence-electron chi connectivity index (χ2n) is 7.14. The number of aryl methyl sites for hydroxylation is 1. The van der Waals surface area contributed by atoms with Crippen LogP contribution in [0.5, 0.6) is 5.75 Å². The Morgan fingerprint density at radius 3 is 2.48 bits per heavy atom. The molecule has 0 fully saturated rings. The Hall–Kier alpha value is -2.46. The second kappa shape index (κ2) is 6.12. The van der Waals surface area contributed by atoms with Crippen LogP contribution in [0.3, 0.4) is 0 Å². The summed E-state index contributed by atoms with van der Waals surface area (Å²) in [5, 5.41) is 1.98. The molecule has 130 valence electrons. The van der Waals surface area contributed by atoms with Crippen LogP contribution in [0, 0.1) is 6.92 Å². The standard InChI is InChI=1S/C20H20ClNO3/c1-11-5-7-13-14(9-11)18(21)25-17(13)15-10-12(20(2,3)4)6-8-16(15)24-19(22)23/h5-10H,1-4H3,(H2,22,23). The van der Waals surface area contributed by atoms with Crippen LogP contribution < -0.4 is 10.5 Å². The number of fused-ring (bicyclic) bond motifs is 1. The van der Waals surface area contributed by atoms with Gasteiger partial charge in [0.15, 0.2) is 0 Å².